The summed E-state index contributed by atoms with van der Waals surface area (Å²) in [5, 5.41) is 3.01. The SMILES string of the molecule is Cc1ccc(C(=O)NC(C)CN2CCCC(C)C2)cc1NS(C)(=O)=O. The zero-order valence-electron chi connectivity index (χ0n) is 15.5. The molecule has 0 radical (unpaired) electrons. The van der Waals surface area contributed by atoms with Gasteiger partial charge in [0.15, 0.2) is 0 Å². The molecule has 0 spiro atoms. The highest BCUT2D eigenvalue weighted by Gasteiger charge is 2.19. The van der Waals surface area contributed by atoms with E-state index in [2.05, 4.69) is 21.9 Å². The van der Waals surface area contributed by atoms with Crippen molar-refractivity contribution in [2.75, 3.05) is 30.6 Å². The van der Waals surface area contributed by atoms with Crippen molar-refractivity contribution < 1.29 is 13.2 Å². The molecule has 1 aliphatic rings. The van der Waals surface area contributed by atoms with Gasteiger partial charge in [0.2, 0.25) is 10.0 Å². The van der Waals surface area contributed by atoms with Gasteiger partial charge < -0.3 is 10.2 Å². The van der Waals surface area contributed by atoms with Crippen LogP contribution in [0.5, 0.6) is 0 Å². The number of nitrogens with zero attached hydrogens (tertiary/aromatic N) is 1. The molecule has 0 aromatic heterocycles. The summed E-state index contributed by atoms with van der Waals surface area (Å²) >= 11 is 0. The van der Waals surface area contributed by atoms with Gasteiger partial charge in [-0.15, -0.1) is 0 Å². The molecule has 2 rings (SSSR count). The van der Waals surface area contributed by atoms with E-state index in [9.17, 15) is 13.2 Å². The Morgan fingerprint density at radius 1 is 1.40 bits per heavy atom. The maximum atomic E-state index is 12.5. The summed E-state index contributed by atoms with van der Waals surface area (Å²) in [6.07, 6.45) is 3.58. The number of likely N-dealkylation sites (tertiary alicyclic amines) is 1. The number of benzene rings is 1. The lowest BCUT2D eigenvalue weighted by atomic mass is 10.00. The van der Waals surface area contributed by atoms with E-state index in [1.54, 1.807) is 25.1 Å². The molecule has 7 heteroatoms. The number of hydrogen-bond donors (Lipinski definition) is 2. The number of piperidine rings is 1. The Kier molecular flexibility index (Phi) is 6.46. The van der Waals surface area contributed by atoms with Crippen LogP contribution < -0.4 is 10.0 Å². The van der Waals surface area contributed by atoms with E-state index in [4.69, 9.17) is 0 Å². The first-order valence-corrected chi connectivity index (χ1v) is 10.6. The predicted molar refractivity (Wildman–Crippen MR) is 101 cm³/mol. The van der Waals surface area contributed by atoms with Crippen molar-refractivity contribution in [3.8, 4) is 0 Å². The highest BCUT2D eigenvalue weighted by Crippen LogP contribution is 2.19. The van der Waals surface area contributed by atoms with Crippen molar-refractivity contribution in [2.45, 2.75) is 39.7 Å². The molecule has 1 amide bonds. The number of nitrogens with one attached hydrogen (secondary N) is 2. The smallest absolute Gasteiger partial charge is 0.251 e. The maximum absolute atomic E-state index is 12.5. The largest absolute Gasteiger partial charge is 0.348 e. The summed E-state index contributed by atoms with van der Waals surface area (Å²) in [5.41, 5.74) is 1.67. The summed E-state index contributed by atoms with van der Waals surface area (Å²) in [5.74, 6) is 0.521. The van der Waals surface area contributed by atoms with Crippen LogP contribution in [-0.2, 0) is 10.0 Å². The standard InChI is InChI=1S/C18H29N3O3S/c1-13-6-5-9-21(11-13)12-15(3)19-18(22)16-8-7-14(2)17(10-16)20-25(4,23)24/h7-8,10,13,15,20H,5-6,9,11-12H2,1-4H3,(H,19,22). The van der Waals surface area contributed by atoms with Gasteiger partial charge in [-0.25, -0.2) is 8.42 Å². The summed E-state index contributed by atoms with van der Waals surface area (Å²) < 4.78 is 25.3. The molecule has 2 N–H and O–H groups in total. The van der Waals surface area contributed by atoms with E-state index in [-0.39, 0.29) is 11.9 Å². The van der Waals surface area contributed by atoms with Crippen LogP contribution in [0, 0.1) is 12.8 Å². The first-order valence-electron chi connectivity index (χ1n) is 8.75. The normalized spacial score (nSPS) is 20.1. The van der Waals surface area contributed by atoms with Gasteiger partial charge in [0.25, 0.3) is 5.91 Å². The van der Waals surface area contributed by atoms with Crippen molar-refractivity contribution >= 4 is 21.6 Å². The van der Waals surface area contributed by atoms with E-state index in [0.717, 1.165) is 31.5 Å². The van der Waals surface area contributed by atoms with Crippen molar-refractivity contribution in [1.29, 1.82) is 0 Å². The van der Waals surface area contributed by atoms with Crippen LogP contribution in [0.15, 0.2) is 18.2 Å². The lowest BCUT2D eigenvalue weighted by Gasteiger charge is -2.32. The van der Waals surface area contributed by atoms with Gasteiger partial charge in [-0.05, 0) is 56.8 Å². The molecule has 140 valence electrons. The number of amides is 1. The third-order valence-corrected chi connectivity index (χ3v) is 5.04. The Labute approximate surface area is 151 Å². The van der Waals surface area contributed by atoms with Crippen LogP contribution in [-0.4, -0.2) is 51.2 Å². The average Bonchev–Trinajstić information content (AvgIpc) is 2.47. The Bertz CT molecular complexity index is 718. The van der Waals surface area contributed by atoms with Gasteiger partial charge in [0.1, 0.15) is 0 Å². The molecule has 2 atom stereocenters. The molecule has 1 aliphatic heterocycles. The van der Waals surface area contributed by atoms with E-state index in [0.29, 0.717) is 17.2 Å². The number of rotatable bonds is 6. The molecule has 1 aromatic carbocycles. The van der Waals surface area contributed by atoms with Crippen LogP contribution in [0.3, 0.4) is 0 Å². The van der Waals surface area contributed by atoms with E-state index < -0.39 is 10.0 Å². The van der Waals surface area contributed by atoms with Crippen molar-refractivity contribution in [3.05, 3.63) is 29.3 Å². The second-order valence-corrected chi connectivity index (χ2v) is 9.03. The number of anilines is 1. The molecule has 1 fully saturated rings. The van der Waals surface area contributed by atoms with Gasteiger partial charge >= 0.3 is 0 Å². The van der Waals surface area contributed by atoms with Crippen molar-refractivity contribution in [2.24, 2.45) is 5.92 Å². The molecular weight excluding hydrogens is 338 g/mol. The second kappa shape index (κ2) is 8.19. The first-order chi connectivity index (χ1) is 11.6. The molecule has 0 bridgehead atoms. The van der Waals surface area contributed by atoms with E-state index in [1.807, 2.05) is 6.92 Å². The van der Waals surface area contributed by atoms with Crippen LogP contribution in [0.4, 0.5) is 5.69 Å². The third kappa shape index (κ3) is 6.32. The summed E-state index contributed by atoms with van der Waals surface area (Å²) in [4.78, 5) is 14.9. The molecule has 6 nitrogen and oxygen atoms in total. The van der Waals surface area contributed by atoms with Gasteiger partial charge in [-0.3, -0.25) is 9.52 Å². The average molecular weight is 368 g/mol. The molecule has 1 saturated heterocycles. The molecule has 0 aliphatic carbocycles. The highest BCUT2D eigenvalue weighted by molar-refractivity contribution is 7.92. The number of aryl methyl sites for hydroxylation is 1. The molecule has 0 saturated carbocycles. The zero-order valence-corrected chi connectivity index (χ0v) is 16.3. The second-order valence-electron chi connectivity index (χ2n) is 7.29. The Hall–Kier alpha value is -1.60. The minimum atomic E-state index is -3.38. The fourth-order valence-corrected chi connectivity index (χ4v) is 3.88. The molecular formula is C18H29N3O3S. The monoisotopic (exact) mass is 367 g/mol. The van der Waals surface area contributed by atoms with Gasteiger partial charge in [-0.2, -0.15) is 0 Å². The number of carbonyl (C=O) groups is 1. The number of sulfonamides is 1. The Morgan fingerprint density at radius 2 is 2.12 bits per heavy atom. The first kappa shape index (κ1) is 19.7. The number of hydrogen-bond acceptors (Lipinski definition) is 4. The quantitative estimate of drug-likeness (QED) is 0.808. The third-order valence-electron chi connectivity index (χ3n) is 4.45. The Balaban J connectivity index is 1.99. The summed E-state index contributed by atoms with van der Waals surface area (Å²) in [7, 11) is -3.38. The molecule has 1 heterocycles. The van der Waals surface area contributed by atoms with Gasteiger partial charge in [0, 0.05) is 24.7 Å². The van der Waals surface area contributed by atoms with E-state index >= 15 is 0 Å². The van der Waals surface area contributed by atoms with Crippen LogP contribution in [0.2, 0.25) is 0 Å². The summed E-state index contributed by atoms with van der Waals surface area (Å²) in [6.45, 7) is 9.05. The van der Waals surface area contributed by atoms with Crippen LogP contribution in [0.25, 0.3) is 0 Å². The maximum Gasteiger partial charge on any atom is 0.251 e. The lowest BCUT2D eigenvalue weighted by Crippen LogP contribution is -2.45. The molecule has 1 aromatic rings. The fourth-order valence-electron chi connectivity index (χ4n) is 3.27. The van der Waals surface area contributed by atoms with Gasteiger partial charge in [-0.1, -0.05) is 13.0 Å². The van der Waals surface area contributed by atoms with Crippen LogP contribution in [0.1, 0.15) is 42.6 Å². The summed E-state index contributed by atoms with van der Waals surface area (Å²) in [6, 6.07) is 5.08. The molecule has 25 heavy (non-hydrogen) atoms. The van der Waals surface area contributed by atoms with E-state index in [1.165, 1.54) is 12.8 Å². The highest BCUT2D eigenvalue weighted by atomic mass is 32.2. The topological polar surface area (TPSA) is 78.5 Å². The minimum absolute atomic E-state index is 0.0328. The molecule has 2 unspecified atom stereocenters. The lowest BCUT2D eigenvalue weighted by molar-refractivity contribution is 0.0920. The van der Waals surface area contributed by atoms with Gasteiger partial charge in [0.05, 0.1) is 11.9 Å². The number of carbonyl (C=O) groups excluding carboxylic acids is 1. The Morgan fingerprint density at radius 3 is 2.76 bits per heavy atom. The zero-order chi connectivity index (χ0) is 18.6. The predicted octanol–water partition coefficient (Wildman–Crippen LogP) is 2.22. The van der Waals surface area contributed by atoms with Crippen LogP contribution >= 0.6 is 0 Å². The minimum Gasteiger partial charge on any atom is -0.348 e. The van der Waals surface area contributed by atoms with Crippen molar-refractivity contribution in [1.82, 2.24) is 10.2 Å². The van der Waals surface area contributed by atoms with Crippen molar-refractivity contribution in [3.63, 3.8) is 0 Å². The fraction of sp³-hybridized carbons (Fsp3) is 0.611.